The van der Waals surface area contributed by atoms with Gasteiger partial charge in [0.05, 0.1) is 5.52 Å². The Morgan fingerprint density at radius 2 is 2.18 bits per heavy atom. The van der Waals surface area contributed by atoms with E-state index in [1.54, 1.807) is 17.5 Å². The van der Waals surface area contributed by atoms with E-state index in [1.165, 1.54) is 4.70 Å². The Labute approximate surface area is 99.2 Å². The third-order valence-corrected chi connectivity index (χ3v) is 4.05. The van der Waals surface area contributed by atoms with Gasteiger partial charge in [0.15, 0.2) is 0 Å². The lowest BCUT2D eigenvalue weighted by Crippen LogP contribution is -2.09. The molecule has 0 spiro atoms. The lowest BCUT2D eigenvalue weighted by atomic mass is 10.2. The number of fused-ring (bicyclic) bond motifs is 5. The first-order valence-electron chi connectivity index (χ1n) is 5.21. The standard InChI is InChI=1S/C12H7N3OS/c16-11-10-13-5-6-15(10)12-9(14-11)7-3-1-2-4-8(7)17-12/h1-6H,(H,14,16). The molecule has 0 saturated heterocycles. The maximum absolute atomic E-state index is 11.9. The van der Waals surface area contributed by atoms with Crippen molar-refractivity contribution < 1.29 is 0 Å². The lowest BCUT2D eigenvalue weighted by molar-refractivity contribution is 1.19. The summed E-state index contributed by atoms with van der Waals surface area (Å²) in [4.78, 5) is 19.9. The molecule has 0 radical (unpaired) electrons. The summed E-state index contributed by atoms with van der Waals surface area (Å²) >= 11 is 1.66. The maximum Gasteiger partial charge on any atom is 0.292 e. The molecule has 0 bridgehead atoms. The van der Waals surface area contributed by atoms with Crippen LogP contribution in [-0.2, 0) is 0 Å². The van der Waals surface area contributed by atoms with E-state index in [9.17, 15) is 4.79 Å². The molecule has 5 heteroatoms. The van der Waals surface area contributed by atoms with Crippen molar-refractivity contribution in [1.82, 2.24) is 14.4 Å². The zero-order valence-corrected chi connectivity index (χ0v) is 9.49. The van der Waals surface area contributed by atoms with Gasteiger partial charge in [-0.1, -0.05) is 18.2 Å². The van der Waals surface area contributed by atoms with Crippen LogP contribution in [-0.4, -0.2) is 14.4 Å². The largest absolute Gasteiger partial charge is 0.316 e. The number of hydrogen-bond acceptors (Lipinski definition) is 3. The minimum atomic E-state index is -0.147. The summed E-state index contributed by atoms with van der Waals surface area (Å²) < 4.78 is 3.01. The number of aromatic amines is 1. The van der Waals surface area contributed by atoms with Crippen molar-refractivity contribution in [3.63, 3.8) is 0 Å². The second kappa shape index (κ2) is 2.95. The molecular formula is C12H7N3OS. The predicted octanol–water partition coefficient (Wildman–Crippen LogP) is 2.39. The van der Waals surface area contributed by atoms with Crippen LogP contribution in [0, 0.1) is 0 Å². The van der Waals surface area contributed by atoms with Gasteiger partial charge in [0.2, 0.25) is 5.65 Å². The van der Waals surface area contributed by atoms with Gasteiger partial charge in [0.1, 0.15) is 4.83 Å². The highest BCUT2D eigenvalue weighted by Gasteiger charge is 2.10. The Bertz CT molecular complexity index is 916. The zero-order chi connectivity index (χ0) is 11.4. The molecule has 4 nitrogen and oxygen atoms in total. The van der Waals surface area contributed by atoms with Gasteiger partial charge in [-0.15, -0.1) is 11.3 Å². The first kappa shape index (κ1) is 8.95. The SMILES string of the molecule is O=c1[nH]c2c3ccccc3sc2n2ccnc12. The fourth-order valence-corrected chi connectivity index (χ4v) is 3.27. The molecule has 0 unspecified atom stereocenters. The molecule has 4 aromatic rings. The number of H-pyrrole nitrogens is 1. The molecule has 1 aromatic carbocycles. The summed E-state index contributed by atoms with van der Waals surface area (Å²) in [7, 11) is 0. The number of aromatic nitrogens is 3. The maximum atomic E-state index is 11.9. The van der Waals surface area contributed by atoms with Crippen LogP contribution in [0.25, 0.3) is 26.1 Å². The van der Waals surface area contributed by atoms with Crippen molar-refractivity contribution >= 4 is 37.4 Å². The summed E-state index contributed by atoms with van der Waals surface area (Å²) in [6, 6.07) is 8.06. The van der Waals surface area contributed by atoms with Crippen molar-refractivity contribution in [2.75, 3.05) is 0 Å². The van der Waals surface area contributed by atoms with Gasteiger partial charge in [-0.05, 0) is 6.07 Å². The molecule has 0 fully saturated rings. The molecule has 3 heterocycles. The number of thiophene rings is 1. The van der Waals surface area contributed by atoms with Gasteiger partial charge < -0.3 is 4.98 Å². The van der Waals surface area contributed by atoms with Crippen LogP contribution in [0.5, 0.6) is 0 Å². The number of imidazole rings is 1. The average molecular weight is 241 g/mol. The Hall–Kier alpha value is -2.14. The molecular weight excluding hydrogens is 234 g/mol. The Morgan fingerprint density at radius 1 is 1.29 bits per heavy atom. The quantitative estimate of drug-likeness (QED) is 0.514. The van der Waals surface area contributed by atoms with Crippen molar-refractivity contribution in [3.8, 4) is 0 Å². The second-order valence-electron chi connectivity index (χ2n) is 3.85. The Morgan fingerprint density at radius 3 is 3.12 bits per heavy atom. The average Bonchev–Trinajstić information content (AvgIpc) is 2.93. The van der Waals surface area contributed by atoms with E-state index in [1.807, 2.05) is 28.8 Å². The first-order chi connectivity index (χ1) is 8.34. The number of benzene rings is 1. The van der Waals surface area contributed by atoms with Gasteiger partial charge in [-0.3, -0.25) is 9.20 Å². The summed E-state index contributed by atoms with van der Waals surface area (Å²) in [5.74, 6) is 0. The summed E-state index contributed by atoms with van der Waals surface area (Å²) in [5, 5.41) is 1.08. The van der Waals surface area contributed by atoms with Gasteiger partial charge in [0, 0.05) is 22.5 Å². The van der Waals surface area contributed by atoms with Gasteiger partial charge in [-0.2, -0.15) is 0 Å². The van der Waals surface area contributed by atoms with Crippen LogP contribution in [0.2, 0.25) is 0 Å². The van der Waals surface area contributed by atoms with Crippen LogP contribution in [0.3, 0.4) is 0 Å². The van der Waals surface area contributed by atoms with Crippen LogP contribution >= 0.6 is 11.3 Å². The van der Waals surface area contributed by atoms with E-state index >= 15 is 0 Å². The van der Waals surface area contributed by atoms with Crippen molar-refractivity contribution in [3.05, 3.63) is 47.0 Å². The zero-order valence-electron chi connectivity index (χ0n) is 8.68. The predicted molar refractivity (Wildman–Crippen MR) is 68.7 cm³/mol. The Kier molecular flexibility index (Phi) is 1.55. The van der Waals surface area contributed by atoms with Gasteiger partial charge >= 0.3 is 0 Å². The van der Waals surface area contributed by atoms with E-state index in [-0.39, 0.29) is 5.56 Å². The first-order valence-corrected chi connectivity index (χ1v) is 6.03. The number of rotatable bonds is 0. The van der Waals surface area contributed by atoms with E-state index < -0.39 is 0 Å². The summed E-state index contributed by atoms with van der Waals surface area (Å²) in [6.07, 6.45) is 3.47. The summed E-state index contributed by atoms with van der Waals surface area (Å²) in [6.45, 7) is 0. The topological polar surface area (TPSA) is 50.2 Å². The highest BCUT2D eigenvalue weighted by molar-refractivity contribution is 7.25. The number of nitrogens with one attached hydrogen (secondary N) is 1. The van der Waals surface area contributed by atoms with Crippen molar-refractivity contribution in [2.24, 2.45) is 0 Å². The van der Waals surface area contributed by atoms with Crippen LogP contribution in [0.15, 0.2) is 41.5 Å². The van der Waals surface area contributed by atoms with E-state index in [0.29, 0.717) is 5.65 Å². The normalized spacial score (nSPS) is 11.8. The molecule has 0 saturated carbocycles. The molecule has 17 heavy (non-hydrogen) atoms. The van der Waals surface area contributed by atoms with E-state index in [0.717, 1.165) is 15.7 Å². The highest BCUT2D eigenvalue weighted by Crippen LogP contribution is 2.31. The minimum absolute atomic E-state index is 0.147. The van der Waals surface area contributed by atoms with Gasteiger partial charge in [-0.25, -0.2) is 4.98 Å². The molecule has 4 rings (SSSR count). The third-order valence-electron chi connectivity index (χ3n) is 2.88. The summed E-state index contributed by atoms with van der Waals surface area (Å²) in [5.41, 5.74) is 1.19. The van der Waals surface area contributed by atoms with Gasteiger partial charge in [0.25, 0.3) is 5.56 Å². The Balaban J connectivity index is 2.43. The minimum Gasteiger partial charge on any atom is -0.316 e. The second-order valence-corrected chi connectivity index (χ2v) is 4.88. The molecule has 0 amide bonds. The molecule has 3 aromatic heterocycles. The van der Waals surface area contributed by atoms with Crippen molar-refractivity contribution in [2.45, 2.75) is 0 Å². The van der Waals surface area contributed by atoms with Crippen LogP contribution in [0.1, 0.15) is 0 Å². The van der Waals surface area contributed by atoms with Crippen LogP contribution < -0.4 is 5.56 Å². The fraction of sp³-hybridized carbons (Fsp3) is 0. The third kappa shape index (κ3) is 1.06. The molecule has 1 N–H and O–H groups in total. The van der Waals surface area contributed by atoms with E-state index in [4.69, 9.17) is 0 Å². The number of hydrogen-bond donors (Lipinski definition) is 1. The fourth-order valence-electron chi connectivity index (χ4n) is 2.13. The van der Waals surface area contributed by atoms with E-state index in [2.05, 4.69) is 16.0 Å². The molecule has 0 atom stereocenters. The molecule has 0 aliphatic carbocycles. The van der Waals surface area contributed by atoms with Crippen molar-refractivity contribution in [1.29, 1.82) is 0 Å². The smallest absolute Gasteiger partial charge is 0.292 e. The van der Waals surface area contributed by atoms with Crippen LogP contribution in [0.4, 0.5) is 0 Å². The molecule has 0 aliphatic heterocycles. The molecule has 82 valence electrons. The number of nitrogens with zero attached hydrogens (tertiary/aromatic N) is 2. The lowest BCUT2D eigenvalue weighted by Gasteiger charge is -1.95. The highest BCUT2D eigenvalue weighted by atomic mass is 32.1. The molecule has 0 aliphatic rings. The monoisotopic (exact) mass is 241 g/mol.